The van der Waals surface area contributed by atoms with Crippen LogP contribution in [0, 0.1) is 6.92 Å². The summed E-state index contributed by atoms with van der Waals surface area (Å²) in [6.07, 6.45) is 0. The van der Waals surface area contributed by atoms with E-state index in [0.29, 0.717) is 12.5 Å². The third-order valence-corrected chi connectivity index (χ3v) is 2.89. The topological polar surface area (TPSA) is 50.7 Å². The number of aromatic nitrogens is 3. The molecule has 0 bridgehead atoms. The summed E-state index contributed by atoms with van der Waals surface area (Å²) in [4.78, 5) is 4.43. The van der Waals surface area contributed by atoms with Crippen molar-refractivity contribution in [2.75, 3.05) is 5.32 Å². The number of rotatable bonds is 3. The van der Waals surface area contributed by atoms with E-state index >= 15 is 0 Å². The Bertz CT molecular complexity index is 709. The van der Waals surface area contributed by atoms with Crippen molar-refractivity contribution >= 4 is 17.0 Å². The zero-order valence-electron chi connectivity index (χ0n) is 10.7. The summed E-state index contributed by atoms with van der Waals surface area (Å²) in [6, 6.07) is 16.1. The van der Waals surface area contributed by atoms with Crippen molar-refractivity contribution in [1.82, 2.24) is 15.2 Å². The molecule has 0 aliphatic carbocycles. The average Bonchev–Trinajstić information content (AvgIpc) is 2.45. The average molecular weight is 250 g/mol. The minimum absolute atomic E-state index is 0.556. The van der Waals surface area contributed by atoms with Crippen molar-refractivity contribution in [1.29, 1.82) is 0 Å². The van der Waals surface area contributed by atoms with E-state index in [0.717, 1.165) is 11.0 Å². The van der Waals surface area contributed by atoms with Crippen LogP contribution in [0.1, 0.15) is 11.1 Å². The molecule has 0 spiro atoms. The summed E-state index contributed by atoms with van der Waals surface area (Å²) < 4.78 is 0. The molecule has 4 nitrogen and oxygen atoms in total. The standard InChI is InChI=1S/C15H14N4/c1-11-5-4-6-12(9-11)10-16-15-17-13-7-2-3-8-14(13)18-19-15/h2-9H,10H2,1H3,(H,16,17,19). The first-order valence-corrected chi connectivity index (χ1v) is 6.20. The van der Waals surface area contributed by atoms with Gasteiger partial charge in [-0.25, -0.2) is 4.98 Å². The van der Waals surface area contributed by atoms with Crippen LogP contribution in [0.5, 0.6) is 0 Å². The van der Waals surface area contributed by atoms with Gasteiger partial charge in [0, 0.05) is 6.54 Å². The molecule has 2 aromatic carbocycles. The van der Waals surface area contributed by atoms with Crippen LogP contribution in [0.15, 0.2) is 48.5 Å². The smallest absolute Gasteiger partial charge is 0.243 e. The third-order valence-electron chi connectivity index (χ3n) is 2.89. The lowest BCUT2D eigenvalue weighted by atomic mass is 10.1. The fraction of sp³-hybridized carbons (Fsp3) is 0.133. The van der Waals surface area contributed by atoms with Crippen molar-refractivity contribution in [2.45, 2.75) is 13.5 Å². The summed E-state index contributed by atoms with van der Waals surface area (Å²) in [7, 11) is 0. The summed E-state index contributed by atoms with van der Waals surface area (Å²) in [5, 5.41) is 11.4. The number of benzene rings is 2. The lowest BCUT2D eigenvalue weighted by Crippen LogP contribution is -2.05. The maximum atomic E-state index is 4.43. The number of hydrogen-bond acceptors (Lipinski definition) is 4. The Morgan fingerprint density at radius 2 is 1.79 bits per heavy atom. The molecular formula is C15H14N4. The van der Waals surface area contributed by atoms with Crippen LogP contribution in [0.3, 0.4) is 0 Å². The molecule has 0 saturated carbocycles. The number of anilines is 1. The van der Waals surface area contributed by atoms with Crippen LogP contribution in [0.2, 0.25) is 0 Å². The molecule has 4 heteroatoms. The summed E-state index contributed by atoms with van der Waals surface area (Å²) in [5.41, 5.74) is 4.11. The summed E-state index contributed by atoms with van der Waals surface area (Å²) in [5.74, 6) is 0.556. The number of hydrogen-bond donors (Lipinski definition) is 1. The highest BCUT2D eigenvalue weighted by Crippen LogP contribution is 2.10. The van der Waals surface area contributed by atoms with E-state index in [1.54, 1.807) is 0 Å². The van der Waals surface area contributed by atoms with Gasteiger partial charge >= 0.3 is 0 Å². The number of fused-ring (bicyclic) bond motifs is 1. The van der Waals surface area contributed by atoms with Crippen LogP contribution >= 0.6 is 0 Å². The van der Waals surface area contributed by atoms with Gasteiger partial charge in [-0.05, 0) is 24.6 Å². The Morgan fingerprint density at radius 1 is 0.947 bits per heavy atom. The van der Waals surface area contributed by atoms with Crippen molar-refractivity contribution in [3.8, 4) is 0 Å². The second-order valence-electron chi connectivity index (χ2n) is 4.47. The Morgan fingerprint density at radius 3 is 2.63 bits per heavy atom. The maximum Gasteiger partial charge on any atom is 0.243 e. The molecule has 0 aliphatic rings. The third kappa shape index (κ3) is 2.68. The minimum atomic E-state index is 0.556. The largest absolute Gasteiger partial charge is 0.349 e. The molecular weight excluding hydrogens is 236 g/mol. The Hall–Kier alpha value is -2.49. The van der Waals surface area contributed by atoms with Gasteiger partial charge in [0.05, 0.1) is 5.52 Å². The van der Waals surface area contributed by atoms with Gasteiger partial charge in [-0.15, -0.1) is 10.2 Å². The Balaban J connectivity index is 1.78. The molecule has 3 rings (SSSR count). The van der Waals surface area contributed by atoms with Crippen molar-refractivity contribution in [3.05, 3.63) is 59.7 Å². The lowest BCUT2D eigenvalue weighted by Gasteiger charge is -2.05. The summed E-state index contributed by atoms with van der Waals surface area (Å²) in [6.45, 7) is 2.78. The zero-order chi connectivity index (χ0) is 13.1. The molecule has 0 fully saturated rings. The molecule has 0 atom stereocenters. The molecule has 19 heavy (non-hydrogen) atoms. The van der Waals surface area contributed by atoms with E-state index in [9.17, 15) is 0 Å². The quantitative estimate of drug-likeness (QED) is 0.776. The molecule has 1 aromatic heterocycles. The van der Waals surface area contributed by atoms with Crippen molar-refractivity contribution in [2.24, 2.45) is 0 Å². The minimum Gasteiger partial charge on any atom is -0.349 e. The molecule has 3 aromatic rings. The van der Waals surface area contributed by atoms with Gasteiger partial charge in [-0.3, -0.25) is 0 Å². The monoisotopic (exact) mass is 250 g/mol. The molecule has 0 amide bonds. The van der Waals surface area contributed by atoms with E-state index in [2.05, 4.69) is 45.6 Å². The number of nitrogens with one attached hydrogen (secondary N) is 1. The normalized spacial score (nSPS) is 10.6. The highest BCUT2D eigenvalue weighted by atomic mass is 15.2. The SMILES string of the molecule is Cc1cccc(CNc2nnc3ccccc3n2)c1. The van der Waals surface area contributed by atoms with Gasteiger partial charge < -0.3 is 5.32 Å². The van der Waals surface area contributed by atoms with Crippen LogP contribution in [-0.4, -0.2) is 15.2 Å². The number of aryl methyl sites for hydroxylation is 1. The first-order chi connectivity index (χ1) is 9.31. The van der Waals surface area contributed by atoms with Gasteiger partial charge in [-0.1, -0.05) is 42.0 Å². The van der Waals surface area contributed by atoms with E-state index < -0.39 is 0 Å². The van der Waals surface area contributed by atoms with Gasteiger partial charge in [0.15, 0.2) is 0 Å². The van der Waals surface area contributed by atoms with Crippen molar-refractivity contribution in [3.63, 3.8) is 0 Å². The van der Waals surface area contributed by atoms with Crippen LogP contribution in [0.4, 0.5) is 5.95 Å². The fourth-order valence-corrected chi connectivity index (χ4v) is 1.96. The van der Waals surface area contributed by atoms with E-state index in [1.807, 2.05) is 30.3 Å². The highest BCUT2D eigenvalue weighted by molar-refractivity contribution is 5.74. The molecule has 0 saturated heterocycles. The first kappa shape index (κ1) is 11.6. The van der Waals surface area contributed by atoms with E-state index in [4.69, 9.17) is 0 Å². The first-order valence-electron chi connectivity index (χ1n) is 6.20. The number of para-hydroxylation sites is 1. The Labute approximate surface area is 111 Å². The van der Waals surface area contributed by atoms with Gasteiger partial charge in [0.2, 0.25) is 5.95 Å². The van der Waals surface area contributed by atoms with Crippen LogP contribution in [0.25, 0.3) is 11.0 Å². The summed E-state index contributed by atoms with van der Waals surface area (Å²) >= 11 is 0. The molecule has 0 radical (unpaired) electrons. The molecule has 1 heterocycles. The molecule has 0 unspecified atom stereocenters. The predicted octanol–water partition coefficient (Wildman–Crippen LogP) is 2.95. The maximum absolute atomic E-state index is 4.43. The predicted molar refractivity (Wildman–Crippen MR) is 75.8 cm³/mol. The van der Waals surface area contributed by atoms with Gasteiger partial charge in [0.25, 0.3) is 0 Å². The second kappa shape index (κ2) is 5.02. The van der Waals surface area contributed by atoms with Crippen LogP contribution in [-0.2, 0) is 6.54 Å². The highest BCUT2D eigenvalue weighted by Gasteiger charge is 2.00. The van der Waals surface area contributed by atoms with Crippen molar-refractivity contribution < 1.29 is 0 Å². The van der Waals surface area contributed by atoms with Gasteiger partial charge in [-0.2, -0.15) is 0 Å². The zero-order valence-corrected chi connectivity index (χ0v) is 10.7. The number of nitrogens with zero attached hydrogens (tertiary/aromatic N) is 3. The Kier molecular flexibility index (Phi) is 3.06. The molecule has 1 N–H and O–H groups in total. The van der Waals surface area contributed by atoms with Crippen LogP contribution < -0.4 is 5.32 Å². The second-order valence-corrected chi connectivity index (χ2v) is 4.47. The lowest BCUT2D eigenvalue weighted by molar-refractivity contribution is 0.983. The molecule has 94 valence electrons. The molecule has 0 aliphatic heterocycles. The fourth-order valence-electron chi connectivity index (χ4n) is 1.96. The van der Waals surface area contributed by atoms with E-state index in [1.165, 1.54) is 11.1 Å². The van der Waals surface area contributed by atoms with E-state index in [-0.39, 0.29) is 0 Å². The van der Waals surface area contributed by atoms with Gasteiger partial charge in [0.1, 0.15) is 5.52 Å².